The topological polar surface area (TPSA) is 82.3 Å². The normalized spacial score (nSPS) is 11.6. The third kappa shape index (κ3) is 5.94. The van der Waals surface area contributed by atoms with Crippen LogP contribution in [0.3, 0.4) is 0 Å². The van der Waals surface area contributed by atoms with E-state index in [-0.39, 0.29) is 0 Å². The van der Waals surface area contributed by atoms with Crippen LogP contribution in [0.5, 0.6) is 0 Å². The van der Waals surface area contributed by atoms with Crippen molar-refractivity contribution in [1.82, 2.24) is 34.5 Å². The second-order valence-corrected chi connectivity index (χ2v) is 16.8. The Bertz CT molecular complexity index is 3420. The summed E-state index contributed by atoms with van der Waals surface area (Å²) >= 11 is 0. The summed E-state index contributed by atoms with van der Waals surface area (Å²) in [5, 5.41) is 1.97. The summed E-state index contributed by atoms with van der Waals surface area (Å²) in [6.45, 7) is 20.0. The van der Waals surface area contributed by atoms with Crippen molar-refractivity contribution >= 4 is 32.8 Å². The summed E-state index contributed by atoms with van der Waals surface area (Å²) in [5.74, 6) is 0.869. The van der Waals surface area contributed by atoms with Crippen LogP contribution in [0.15, 0.2) is 122 Å². The van der Waals surface area contributed by atoms with Gasteiger partial charge in [-0.3, -0.25) is 29.5 Å². The average Bonchev–Trinajstić information content (AvgIpc) is 3.64. The molecule has 0 bridgehead atoms. The fourth-order valence-electron chi connectivity index (χ4n) is 10.6. The Balaban J connectivity index is 1.43. The fourth-order valence-corrected chi connectivity index (χ4v) is 10.6. The lowest BCUT2D eigenvalue weighted by Gasteiger charge is -2.23. The molecule has 0 unspecified atom stereocenters. The lowest BCUT2D eigenvalue weighted by molar-refractivity contribution is 1.05. The van der Waals surface area contributed by atoms with Crippen LogP contribution in [-0.4, -0.2) is 34.5 Å². The monoisotopic (exact) mass is 805 g/mol. The predicted octanol–water partition coefficient (Wildman–Crippen LogP) is 13.4. The van der Waals surface area contributed by atoms with E-state index >= 15 is 0 Å². The molecule has 0 fully saturated rings. The van der Waals surface area contributed by atoms with Crippen molar-refractivity contribution in [3.05, 3.63) is 172 Å². The van der Waals surface area contributed by atoms with E-state index in [4.69, 9.17) is 15.0 Å². The molecule has 0 aliphatic carbocycles. The molecule has 0 saturated heterocycles. The highest BCUT2D eigenvalue weighted by atomic mass is 15.1. The van der Waals surface area contributed by atoms with Gasteiger partial charge in [0.25, 0.3) is 0 Å². The Hall–Kier alpha value is -7.38. The molecule has 0 N–H and O–H groups in total. The quantitative estimate of drug-likeness (QED) is 0.156. The van der Waals surface area contributed by atoms with Crippen molar-refractivity contribution in [2.75, 3.05) is 0 Å². The first-order valence-corrected chi connectivity index (χ1v) is 21.2. The van der Waals surface area contributed by atoms with E-state index in [2.05, 4.69) is 130 Å². The summed E-state index contributed by atoms with van der Waals surface area (Å²) in [7, 11) is 0. The number of aryl methyl sites for hydroxylation is 6. The van der Waals surface area contributed by atoms with Crippen molar-refractivity contribution in [3.8, 4) is 61.6 Å². The smallest absolute Gasteiger partial charge is 0.146 e. The van der Waals surface area contributed by atoms with Crippen LogP contribution in [0.2, 0.25) is 0 Å². The number of hydrogen-bond donors (Lipinski definition) is 0. The molecule has 62 heavy (non-hydrogen) atoms. The van der Waals surface area contributed by atoms with Crippen molar-refractivity contribution in [2.24, 2.45) is 0 Å². The Labute approximate surface area is 362 Å². The van der Waals surface area contributed by atoms with Crippen molar-refractivity contribution in [3.63, 3.8) is 0 Å². The van der Waals surface area contributed by atoms with E-state index in [9.17, 15) is 0 Å². The van der Waals surface area contributed by atoms with Gasteiger partial charge in [0, 0.05) is 82.6 Å². The Kier molecular flexibility index (Phi) is 9.36. The van der Waals surface area contributed by atoms with E-state index < -0.39 is 0 Å². The zero-order valence-electron chi connectivity index (χ0n) is 36.7. The third-order valence-electron chi connectivity index (χ3n) is 12.8. The van der Waals surface area contributed by atoms with E-state index in [1.807, 2.05) is 73.8 Å². The van der Waals surface area contributed by atoms with Crippen LogP contribution >= 0.6 is 0 Å². The molecule has 6 heterocycles. The van der Waals surface area contributed by atoms with Gasteiger partial charge in [-0.1, -0.05) is 36.4 Å². The molecule has 0 saturated carbocycles. The molecule has 0 radical (unpaired) electrons. The molecular formula is C55H47N7. The summed E-state index contributed by atoms with van der Waals surface area (Å²) < 4.78 is 2.44. The Morgan fingerprint density at radius 1 is 0.419 bits per heavy atom. The number of nitrogens with zero attached hydrogens (tertiary/aromatic N) is 7. The van der Waals surface area contributed by atoms with Gasteiger partial charge in [-0.05, 0) is 177 Å². The zero-order chi connectivity index (χ0) is 43.0. The first kappa shape index (κ1) is 38.8. The average molecular weight is 806 g/mol. The molecule has 10 aromatic rings. The maximum Gasteiger partial charge on any atom is 0.146 e. The number of rotatable bonds is 6. The van der Waals surface area contributed by atoms with Gasteiger partial charge >= 0.3 is 0 Å². The fraction of sp³-hybridized carbons (Fsp3) is 0.164. The van der Waals surface area contributed by atoms with Crippen molar-refractivity contribution < 1.29 is 0 Å². The maximum absolute atomic E-state index is 5.93. The van der Waals surface area contributed by atoms with Gasteiger partial charge in [-0.25, -0.2) is 4.98 Å². The number of fused-ring (bicyclic) bond motifs is 6. The van der Waals surface area contributed by atoms with E-state index in [1.54, 1.807) is 0 Å². The molecule has 7 heteroatoms. The molecule has 0 spiro atoms. The molecule has 10 rings (SSSR count). The second-order valence-electron chi connectivity index (χ2n) is 16.8. The minimum absolute atomic E-state index is 0.825. The summed E-state index contributed by atoms with van der Waals surface area (Å²) in [6, 6.07) is 25.8. The lowest BCUT2D eigenvalue weighted by Crippen LogP contribution is -2.08. The number of hydrogen-bond acceptors (Lipinski definition) is 6. The molecule has 6 aromatic heterocycles. The SMILES string of the molecule is Cc1cc(C)c(-c2ccnc3c4ncccc4c4c(nc(-c5c(C)cc(C)c(-c6cccnc6)c5C)n4-c4c(C)cc(C)c(-c5cccnc5)c4C)c23)c(C)c1-c1cccnc1. The van der Waals surface area contributed by atoms with Crippen LogP contribution in [-0.2, 0) is 0 Å². The van der Waals surface area contributed by atoms with Crippen LogP contribution < -0.4 is 0 Å². The number of imidazole rings is 1. The Morgan fingerprint density at radius 2 is 0.903 bits per heavy atom. The zero-order valence-corrected chi connectivity index (χ0v) is 36.7. The van der Waals surface area contributed by atoms with Crippen molar-refractivity contribution in [2.45, 2.75) is 62.3 Å². The van der Waals surface area contributed by atoms with Crippen LogP contribution in [0.1, 0.15) is 50.1 Å². The molecular weight excluding hydrogens is 759 g/mol. The summed E-state index contributed by atoms with van der Waals surface area (Å²) in [6.07, 6.45) is 15.2. The maximum atomic E-state index is 5.93. The van der Waals surface area contributed by atoms with Gasteiger partial charge < -0.3 is 0 Å². The van der Waals surface area contributed by atoms with E-state index in [0.717, 1.165) is 100.0 Å². The minimum atomic E-state index is 0.825. The van der Waals surface area contributed by atoms with Gasteiger partial charge in [0.05, 0.1) is 22.2 Å². The van der Waals surface area contributed by atoms with Crippen LogP contribution in [0.25, 0.3) is 94.4 Å². The van der Waals surface area contributed by atoms with Crippen molar-refractivity contribution in [1.29, 1.82) is 0 Å². The van der Waals surface area contributed by atoms with Gasteiger partial charge in [0.1, 0.15) is 11.3 Å². The third-order valence-corrected chi connectivity index (χ3v) is 12.8. The largest absolute Gasteiger partial charge is 0.291 e. The molecule has 0 aliphatic rings. The standard InChI is InChI=1S/C55H47N7/c1-30-24-33(4)47(36(7)44(30)39-14-10-19-56-27-39)42-18-23-60-51-49(42)52-54(43-17-13-22-59-50(43)51)62(53-35(6)26-32(3)46(38(53)9)41-16-12-21-58-29-41)55(61-52)48-34(5)25-31(2)45(37(48)8)40-15-11-20-57-28-40/h10-29H,1-9H3. The van der Waals surface area contributed by atoms with Gasteiger partial charge in [0.15, 0.2) is 0 Å². The predicted molar refractivity (Wildman–Crippen MR) is 255 cm³/mol. The number of aromatic nitrogens is 7. The lowest BCUT2D eigenvalue weighted by atomic mass is 9.85. The minimum Gasteiger partial charge on any atom is -0.291 e. The van der Waals surface area contributed by atoms with Gasteiger partial charge in [-0.2, -0.15) is 0 Å². The molecule has 0 amide bonds. The second kappa shape index (κ2) is 15.0. The highest BCUT2D eigenvalue weighted by Gasteiger charge is 2.29. The first-order chi connectivity index (χ1) is 30.0. The number of pyridine rings is 5. The van der Waals surface area contributed by atoms with Crippen LogP contribution in [0, 0.1) is 62.3 Å². The number of benzene rings is 4. The highest BCUT2D eigenvalue weighted by Crippen LogP contribution is 2.47. The van der Waals surface area contributed by atoms with E-state index in [1.165, 1.54) is 44.5 Å². The molecule has 4 aromatic carbocycles. The van der Waals surface area contributed by atoms with E-state index in [0.29, 0.717) is 0 Å². The highest BCUT2D eigenvalue weighted by molar-refractivity contribution is 6.25. The molecule has 302 valence electrons. The Morgan fingerprint density at radius 3 is 1.47 bits per heavy atom. The molecule has 7 nitrogen and oxygen atoms in total. The van der Waals surface area contributed by atoms with Gasteiger partial charge in [-0.15, -0.1) is 0 Å². The van der Waals surface area contributed by atoms with Gasteiger partial charge in [0.2, 0.25) is 0 Å². The molecule has 0 atom stereocenters. The summed E-state index contributed by atoms with van der Waals surface area (Å²) in [5.41, 5.74) is 25.3. The first-order valence-electron chi connectivity index (χ1n) is 21.2. The summed E-state index contributed by atoms with van der Waals surface area (Å²) in [4.78, 5) is 29.8. The molecule has 0 aliphatic heterocycles. The van der Waals surface area contributed by atoms with Crippen LogP contribution in [0.4, 0.5) is 0 Å².